The average molecular weight is 390 g/mol. The molecule has 1 saturated heterocycles. The van der Waals surface area contributed by atoms with Crippen LogP contribution in [-0.2, 0) is 14.6 Å². The van der Waals surface area contributed by atoms with Gasteiger partial charge in [-0.15, -0.1) is 0 Å². The second-order valence-electron chi connectivity index (χ2n) is 5.81. The number of benzene rings is 1. The van der Waals surface area contributed by atoms with Crippen molar-refractivity contribution in [3.05, 3.63) is 34.3 Å². The lowest BCUT2D eigenvalue weighted by atomic mass is 9.97. The van der Waals surface area contributed by atoms with Gasteiger partial charge in [0.2, 0.25) is 0 Å². The van der Waals surface area contributed by atoms with Gasteiger partial charge in [-0.2, -0.15) is 0 Å². The van der Waals surface area contributed by atoms with Crippen molar-refractivity contribution in [2.75, 3.05) is 24.6 Å². The average Bonchev–Trinajstić information content (AvgIpc) is 2.77. The highest BCUT2D eigenvalue weighted by atomic mass is 79.9. The molecule has 1 aromatic rings. The van der Waals surface area contributed by atoms with Crippen molar-refractivity contribution in [2.45, 2.75) is 25.3 Å². The van der Waals surface area contributed by atoms with Gasteiger partial charge in [-0.3, -0.25) is 9.69 Å². The van der Waals surface area contributed by atoms with Crippen molar-refractivity contribution in [1.82, 2.24) is 4.90 Å². The Morgan fingerprint density at radius 3 is 2.59 bits per heavy atom. The summed E-state index contributed by atoms with van der Waals surface area (Å²) in [6, 6.07) is 8.51. The van der Waals surface area contributed by atoms with Crippen LogP contribution in [0, 0.1) is 0 Å². The molecule has 1 N–H and O–H groups in total. The van der Waals surface area contributed by atoms with Gasteiger partial charge in [-0.05, 0) is 37.0 Å². The predicted molar refractivity (Wildman–Crippen MR) is 88.8 cm³/mol. The lowest BCUT2D eigenvalue weighted by Gasteiger charge is -2.20. The second kappa shape index (κ2) is 7.10. The van der Waals surface area contributed by atoms with Gasteiger partial charge < -0.3 is 5.11 Å². The summed E-state index contributed by atoms with van der Waals surface area (Å²) >= 11 is 3.42. The molecule has 2 unspecified atom stereocenters. The summed E-state index contributed by atoms with van der Waals surface area (Å²) in [5, 5.41) is 8.61. The van der Waals surface area contributed by atoms with E-state index in [1.165, 1.54) is 5.56 Å². The number of hydrogen-bond donors (Lipinski definition) is 1. The van der Waals surface area contributed by atoms with Gasteiger partial charge in [0, 0.05) is 23.6 Å². The molecule has 2 rings (SSSR count). The zero-order valence-electron chi connectivity index (χ0n) is 12.4. The molecule has 5 nitrogen and oxygen atoms in total. The van der Waals surface area contributed by atoms with Crippen molar-refractivity contribution >= 4 is 31.7 Å². The lowest BCUT2D eigenvalue weighted by molar-refractivity contribution is -0.134. The first-order valence-electron chi connectivity index (χ1n) is 7.18. The molecule has 1 aromatic carbocycles. The molecular weight excluding hydrogens is 370 g/mol. The molecule has 1 heterocycles. The molecular formula is C15H20BrNO4S. The summed E-state index contributed by atoms with van der Waals surface area (Å²) < 4.78 is 24.4. The van der Waals surface area contributed by atoms with Gasteiger partial charge in [0.15, 0.2) is 9.84 Å². The third-order valence-electron chi connectivity index (χ3n) is 4.08. The molecule has 0 spiro atoms. The maximum atomic E-state index is 11.7. The van der Waals surface area contributed by atoms with E-state index in [2.05, 4.69) is 39.9 Å². The number of rotatable bonds is 6. The zero-order valence-corrected chi connectivity index (χ0v) is 14.8. The summed E-state index contributed by atoms with van der Waals surface area (Å²) in [6.45, 7) is 3.29. The van der Waals surface area contributed by atoms with E-state index in [9.17, 15) is 13.2 Å². The molecule has 0 saturated carbocycles. The molecule has 22 heavy (non-hydrogen) atoms. The third kappa shape index (κ3) is 4.79. The number of aliphatic carboxylic acids is 1. The van der Waals surface area contributed by atoms with Crippen molar-refractivity contribution in [1.29, 1.82) is 0 Å². The van der Waals surface area contributed by atoms with Gasteiger partial charge in [-0.1, -0.05) is 28.1 Å². The normalized spacial score (nSPS) is 22.8. The third-order valence-corrected chi connectivity index (χ3v) is 6.10. The summed E-state index contributed by atoms with van der Waals surface area (Å²) in [5.74, 6) is -1.78. The van der Waals surface area contributed by atoms with E-state index in [-0.39, 0.29) is 5.75 Å². The van der Waals surface area contributed by atoms with Crippen LogP contribution in [0.2, 0.25) is 0 Å². The first-order valence-corrected chi connectivity index (χ1v) is 9.80. The van der Waals surface area contributed by atoms with Crippen LogP contribution in [0.4, 0.5) is 0 Å². The van der Waals surface area contributed by atoms with Crippen molar-refractivity contribution in [3.63, 3.8) is 0 Å². The van der Waals surface area contributed by atoms with Crippen LogP contribution < -0.4 is 0 Å². The topological polar surface area (TPSA) is 74.7 Å². The van der Waals surface area contributed by atoms with E-state index in [0.29, 0.717) is 18.5 Å². The number of halogens is 1. The number of sulfone groups is 1. The Kier molecular flexibility index (Phi) is 5.63. The summed E-state index contributed by atoms with van der Waals surface area (Å²) in [5.41, 5.74) is 1.26. The van der Waals surface area contributed by atoms with Gasteiger partial charge in [0.25, 0.3) is 0 Å². The second-order valence-corrected chi connectivity index (χ2v) is 8.91. The van der Waals surface area contributed by atoms with Crippen molar-refractivity contribution in [2.24, 2.45) is 0 Å². The number of carbonyl (C=O) groups is 1. The molecule has 0 bridgehead atoms. The number of likely N-dealkylation sites (tertiary alicyclic amines) is 1. The molecule has 122 valence electrons. The van der Waals surface area contributed by atoms with Crippen LogP contribution in [0.3, 0.4) is 0 Å². The van der Waals surface area contributed by atoms with Crippen molar-refractivity contribution in [3.8, 4) is 0 Å². The Labute approximate surface area is 139 Å². The molecule has 0 radical (unpaired) electrons. The van der Waals surface area contributed by atoms with E-state index >= 15 is 0 Å². The van der Waals surface area contributed by atoms with Gasteiger partial charge in [-0.25, -0.2) is 8.42 Å². The van der Waals surface area contributed by atoms with E-state index in [4.69, 9.17) is 5.11 Å². The number of nitrogens with zero attached hydrogens (tertiary/aromatic N) is 1. The molecule has 2 atom stereocenters. The quantitative estimate of drug-likeness (QED) is 0.806. The Morgan fingerprint density at radius 1 is 1.36 bits per heavy atom. The molecule has 1 aliphatic rings. The predicted octanol–water partition coefficient (Wildman–Crippen LogP) is 2.13. The van der Waals surface area contributed by atoms with Crippen LogP contribution in [0.5, 0.6) is 0 Å². The molecule has 0 amide bonds. The van der Waals surface area contributed by atoms with Crippen molar-refractivity contribution < 1.29 is 18.3 Å². The fourth-order valence-corrected chi connectivity index (χ4v) is 4.20. The van der Waals surface area contributed by atoms with Crippen LogP contribution >= 0.6 is 15.9 Å². The molecule has 7 heteroatoms. The van der Waals surface area contributed by atoms with E-state index < -0.39 is 21.6 Å². The monoisotopic (exact) mass is 389 g/mol. The maximum absolute atomic E-state index is 11.7. The Hall–Kier alpha value is -0.920. The number of hydrogen-bond acceptors (Lipinski definition) is 4. The highest BCUT2D eigenvalue weighted by molar-refractivity contribution is 9.10. The van der Waals surface area contributed by atoms with Crippen LogP contribution in [0.1, 0.15) is 24.8 Å². The minimum Gasteiger partial charge on any atom is -0.480 e. The number of carboxylic acid groups (broad SMARTS) is 1. The highest BCUT2D eigenvalue weighted by Crippen LogP contribution is 2.32. The van der Waals surface area contributed by atoms with E-state index in [1.807, 2.05) is 12.1 Å². The van der Waals surface area contributed by atoms with Crippen LogP contribution in [0.15, 0.2) is 28.7 Å². The van der Waals surface area contributed by atoms with Gasteiger partial charge >= 0.3 is 5.97 Å². The maximum Gasteiger partial charge on any atom is 0.318 e. The van der Waals surface area contributed by atoms with Crippen LogP contribution in [-0.4, -0.2) is 55.0 Å². The Morgan fingerprint density at radius 2 is 2.00 bits per heavy atom. The fraction of sp³-hybridized carbons (Fsp3) is 0.533. The lowest BCUT2D eigenvalue weighted by Crippen LogP contribution is -2.33. The summed E-state index contributed by atoms with van der Waals surface area (Å²) in [4.78, 5) is 12.7. The summed E-state index contributed by atoms with van der Waals surface area (Å²) in [6.07, 6.45) is 0.987. The minimum atomic E-state index is -3.53. The van der Waals surface area contributed by atoms with Gasteiger partial charge in [0.1, 0.15) is 5.75 Å². The SMILES string of the molecule is CC1CC(c2ccc(Br)cc2)CN1CCS(=O)(=O)CC(=O)O. The van der Waals surface area contributed by atoms with E-state index in [1.54, 1.807) is 0 Å². The molecule has 1 aliphatic heterocycles. The van der Waals surface area contributed by atoms with E-state index in [0.717, 1.165) is 17.4 Å². The first kappa shape index (κ1) is 17.4. The highest BCUT2D eigenvalue weighted by Gasteiger charge is 2.30. The minimum absolute atomic E-state index is 0.100. The standard InChI is InChI=1S/C15H20BrNO4S/c1-11-8-13(12-2-4-14(16)5-3-12)9-17(11)6-7-22(20,21)10-15(18)19/h2-5,11,13H,6-10H2,1H3,(H,18,19). The Bertz CT molecular complexity index is 629. The van der Waals surface area contributed by atoms with Gasteiger partial charge in [0.05, 0.1) is 5.75 Å². The first-order chi connectivity index (χ1) is 10.3. The smallest absolute Gasteiger partial charge is 0.318 e. The number of carboxylic acids is 1. The Balaban J connectivity index is 1.94. The largest absolute Gasteiger partial charge is 0.480 e. The zero-order chi connectivity index (χ0) is 16.3. The summed E-state index contributed by atoms with van der Waals surface area (Å²) in [7, 11) is -3.53. The fourth-order valence-electron chi connectivity index (χ4n) is 2.90. The van der Waals surface area contributed by atoms with Crippen LogP contribution in [0.25, 0.3) is 0 Å². The molecule has 1 fully saturated rings. The molecule has 0 aromatic heterocycles. The molecule has 0 aliphatic carbocycles.